The zero-order valence-corrected chi connectivity index (χ0v) is 11.9. The maximum Gasteiger partial charge on any atom is 0.323 e. The number of nitrogens with zero attached hydrogens (tertiary/aromatic N) is 3. The number of urea groups is 1. The van der Waals surface area contributed by atoms with Crippen molar-refractivity contribution in [3.05, 3.63) is 12.7 Å². The lowest BCUT2D eigenvalue weighted by atomic mass is 10.1. The summed E-state index contributed by atoms with van der Waals surface area (Å²) in [7, 11) is 2.04. The fourth-order valence-corrected chi connectivity index (χ4v) is 2.29. The molecular weight excluding hydrogens is 246 g/mol. The predicted molar refractivity (Wildman–Crippen MR) is 73.1 cm³/mol. The van der Waals surface area contributed by atoms with Gasteiger partial charge in [-0.2, -0.15) is 0 Å². The molecule has 2 unspecified atom stereocenters. The molecule has 0 spiro atoms. The Morgan fingerprint density at radius 1 is 1.37 bits per heavy atom. The third kappa shape index (κ3) is 3.96. The van der Waals surface area contributed by atoms with Crippen LogP contribution in [0.3, 0.4) is 0 Å². The van der Waals surface area contributed by atoms with Crippen molar-refractivity contribution in [2.45, 2.75) is 25.9 Å². The number of carboxylic acid groups (broad SMARTS) is 1. The van der Waals surface area contributed by atoms with E-state index in [1.165, 1.54) is 4.90 Å². The highest BCUT2D eigenvalue weighted by Gasteiger charge is 2.31. The molecule has 19 heavy (non-hydrogen) atoms. The molecule has 1 heterocycles. The summed E-state index contributed by atoms with van der Waals surface area (Å²) >= 11 is 0. The number of rotatable bonds is 4. The molecule has 0 aromatic carbocycles. The fraction of sp³-hybridized carbons (Fsp3) is 0.692. The van der Waals surface area contributed by atoms with E-state index >= 15 is 0 Å². The van der Waals surface area contributed by atoms with Gasteiger partial charge < -0.3 is 14.9 Å². The molecule has 1 aliphatic rings. The number of carboxylic acids is 1. The van der Waals surface area contributed by atoms with Crippen LogP contribution in [0, 0.1) is 0 Å². The molecule has 6 nitrogen and oxygen atoms in total. The Morgan fingerprint density at radius 2 is 1.89 bits per heavy atom. The van der Waals surface area contributed by atoms with Gasteiger partial charge >= 0.3 is 12.0 Å². The summed E-state index contributed by atoms with van der Waals surface area (Å²) in [6.07, 6.45) is 1.55. The van der Waals surface area contributed by atoms with Crippen LogP contribution in [0.2, 0.25) is 0 Å². The SMILES string of the molecule is C=CCN(CC(=O)O)C(=O)N1CC(C)N(C)C(C)C1. The minimum Gasteiger partial charge on any atom is -0.480 e. The van der Waals surface area contributed by atoms with Crippen molar-refractivity contribution in [1.82, 2.24) is 14.7 Å². The van der Waals surface area contributed by atoms with E-state index in [1.54, 1.807) is 11.0 Å². The number of hydrogen-bond donors (Lipinski definition) is 1. The smallest absolute Gasteiger partial charge is 0.323 e. The number of hydrogen-bond acceptors (Lipinski definition) is 3. The van der Waals surface area contributed by atoms with Crippen LogP contribution in [-0.2, 0) is 4.79 Å². The van der Waals surface area contributed by atoms with Gasteiger partial charge in [0.1, 0.15) is 6.54 Å². The summed E-state index contributed by atoms with van der Waals surface area (Å²) in [5.74, 6) is -1.01. The molecule has 1 rings (SSSR count). The van der Waals surface area contributed by atoms with Crippen LogP contribution in [0.4, 0.5) is 4.79 Å². The van der Waals surface area contributed by atoms with Gasteiger partial charge in [-0.15, -0.1) is 6.58 Å². The summed E-state index contributed by atoms with van der Waals surface area (Å²) < 4.78 is 0. The Balaban J connectivity index is 2.73. The van der Waals surface area contributed by atoms with E-state index in [9.17, 15) is 9.59 Å². The maximum absolute atomic E-state index is 12.3. The average Bonchev–Trinajstić information content (AvgIpc) is 2.33. The molecular formula is C13H23N3O3. The highest BCUT2D eigenvalue weighted by atomic mass is 16.4. The minimum absolute atomic E-state index is 0.228. The quantitative estimate of drug-likeness (QED) is 0.763. The van der Waals surface area contributed by atoms with E-state index in [-0.39, 0.29) is 31.2 Å². The molecule has 0 aliphatic carbocycles. The molecule has 0 saturated carbocycles. The lowest BCUT2D eigenvalue weighted by Gasteiger charge is -2.43. The van der Waals surface area contributed by atoms with Gasteiger partial charge in [0.25, 0.3) is 0 Å². The van der Waals surface area contributed by atoms with Crippen molar-refractivity contribution in [1.29, 1.82) is 0 Å². The van der Waals surface area contributed by atoms with Crippen LogP contribution in [0.25, 0.3) is 0 Å². The van der Waals surface area contributed by atoms with Crippen LogP contribution in [0.15, 0.2) is 12.7 Å². The first-order valence-corrected chi connectivity index (χ1v) is 6.45. The highest BCUT2D eigenvalue weighted by Crippen LogP contribution is 2.15. The molecule has 2 amide bonds. The molecule has 0 aromatic heterocycles. The molecule has 2 atom stereocenters. The van der Waals surface area contributed by atoms with Gasteiger partial charge in [-0.05, 0) is 20.9 Å². The van der Waals surface area contributed by atoms with E-state index in [4.69, 9.17) is 5.11 Å². The largest absolute Gasteiger partial charge is 0.480 e. The first kappa shape index (κ1) is 15.5. The van der Waals surface area contributed by atoms with Crippen LogP contribution >= 0.6 is 0 Å². The number of carbonyl (C=O) groups is 2. The molecule has 6 heteroatoms. The number of amides is 2. The van der Waals surface area contributed by atoms with Crippen LogP contribution in [0.5, 0.6) is 0 Å². The zero-order valence-electron chi connectivity index (χ0n) is 11.9. The third-order valence-corrected chi connectivity index (χ3v) is 3.58. The van der Waals surface area contributed by atoms with Crippen molar-refractivity contribution < 1.29 is 14.7 Å². The number of carbonyl (C=O) groups excluding carboxylic acids is 1. The average molecular weight is 269 g/mol. The van der Waals surface area contributed by atoms with Crippen LogP contribution in [-0.4, -0.2) is 77.1 Å². The first-order valence-electron chi connectivity index (χ1n) is 6.45. The Kier molecular flexibility index (Phi) is 5.35. The Morgan fingerprint density at radius 3 is 2.32 bits per heavy atom. The van der Waals surface area contributed by atoms with Crippen molar-refractivity contribution in [2.75, 3.05) is 33.2 Å². The molecule has 1 N–H and O–H groups in total. The summed E-state index contributed by atoms with van der Waals surface area (Å²) in [5, 5.41) is 8.85. The molecule has 1 fully saturated rings. The Hall–Kier alpha value is -1.56. The Labute approximate surface area is 114 Å². The lowest BCUT2D eigenvalue weighted by molar-refractivity contribution is -0.137. The van der Waals surface area contributed by atoms with Crippen molar-refractivity contribution in [3.63, 3.8) is 0 Å². The van der Waals surface area contributed by atoms with Crippen molar-refractivity contribution in [2.24, 2.45) is 0 Å². The number of piperazine rings is 1. The van der Waals surface area contributed by atoms with E-state index in [0.29, 0.717) is 13.1 Å². The Bertz CT molecular complexity index is 347. The second kappa shape index (κ2) is 6.56. The van der Waals surface area contributed by atoms with E-state index < -0.39 is 5.97 Å². The standard InChI is InChI=1S/C13H23N3O3/c1-5-6-15(9-12(17)18)13(19)16-7-10(2)14(4)11(3)8-16/h5,10-11H,1,6-9H2,2-4H3,(H,17,18). The van der Waals surface area contributed by atoms with Gasteiger partial charge in [-0.3, -0.25) is 9.69 Å². The van der Waals surface area contributed by atoms with Gasteiger partial charge in [0, 0.05) is 31.7 Å². The number of aliphatic carboxylic acids is 1. The summed E-state index contributed by atoms with van der Waals surface area (Å²) in [6.45, 7) is 8.88. The van der Waals surface area contributed by atoms with E-state index in [1.807, 2.05) is 7.05 Å². The van der Waals surface area contributed by atoms with Crippen molar-refractivity contribution in [3.8, 4) is 0 Å². The van der Waals surface area contributed by atoms with Crippen LogP contribution in [0.1, 0.15) is 13.8 Å². The third-order valence-electron chi connectivity index (χ3n) is 3.58. The van der Waals surface area contributed by atoms with Gasteiger partial charge in [-0.1, -0.05) is 6.08 Å². The summed E-state index contributed by atoms with van der Waals surface area (Å²) in [4.78, 5) is 28.4. The highest BCUT2D eigenvalue weighted by molar-refractivity contribution is 5.80. The van der Waals surface area contributed by atoms with Crippen molar-refractivity contribution >= 4 is 12.0 Å². The summed E-state index contributed by atoms with van der Waals surface area (Å²) in [5.41, 5.74) is 0. The zero-order chi connectivity index (χ0) is 14.6. The van der Waals surface area contributed by atoms with Gasteiger partial charge in [-0.25, -0.2) is 4.79 Å². The molecule has 0 radical (unpaired) electrons. The lowest BCUT2D eigenvalue weighted by Crippen LogP contribution is -2.59. The molecule has 0 aromatic rings. The minimum atomic E-state index is -1.01. The predicted octanol–water partition coefficient (Wildman–Crippen LogP) is 0.703. The first-order chi connectivity index (χ1) is 8.86. The molecule has 0 bridgehead atoms. The second-order valence-corrected chi connectivity index (χ2v) is 5.11. The molecule has 108 valence electrons. The van der Waals surface area contributed by atoms with Gasteiger partial charge in [0.15, 0.2) is 0 Å². The van der Waals surface area contributed by atoms with Gasteiger partial charge in [0.2, 0.25) is 0 Å². The summed E-state index contributed by atoms with van der Waals surface area (Å²) in [6, 6.07) is 0.306. The number of likely N-dealkylation sites (N-methyl/N-ethyl adjacent to an activating group) is 1. The monoisotopic (exact) mass is 269 g/mol. The van der Waals surface area contributed by atoms with E-state index in [2.05, 4.69) is 25.3 Å². The normalized spacial score (nSPS) is 24.1. The van der Waals surface area contributed by atoms with Crippen LogP contribution < -0.4 is 0 Å². The topological polar surface area (TPSA) is 64.1 Å². The molecule has 1 saturated heterocycles. The van der Waals surface area contributed by atoms with E-state index in [0.717, 1.165) is 0 Å². The fourth-order valence-electron chi connectivity index (χ4n) is 2.29. The second-order valence-electron chi connectivity index (χ2n) is 5.11. The maximum atomic E-state index is 12.3. The van der Waals surface area contributed by atoms with Gasteiger partial charge in [0.05, 0.1) is 0 Å². The molecule has 1 aliphatic heterocycles.